The summed E-state index contributed by atoms with van der Waals surface area (Å²) in [5, 5.41) is 3.38. The molecule has 1 aromatic carbocycles. The Labute approximate surface area is 185 Å². The Morgan fingerprint density at radius 3 is 2.16 bits per heavy atom. The quantitative estimate of drug-likeness (QED) is 0.462. The molecule has 174 valence electrons. The number of piperazine rings is 1. The van der Waals surface area contributed by atoms with Gasteiger partial charge in [-0.1, -0.05) is 6.92 Å². The van der Waals surface area contributed by atoms with Crippen LogP contribution in [-0.2, 0) is 11.3 Å². The molecule has 1 aliphatic rings. The second-order valence-electron chi connectivity index (χ2n) is 7.65. The Morgan fingerprint density at radius 2 is 1.68 bits per heavy atom. The molecule has 1 heterocycles. The molecular weight excluding hydrogens is 398 g/mol. The summed E-state index contributed by atoms with van der Waals surface area (Å²) >= 11 is 0. The number of nitrogens with one attached hydrogen (secondary N) is 1. The SMILES string of the molecule is CCCNC(=NCC(=O)N(C)C)N1CCN(Cc2cc(OC)c(OC)c(OC)c2)CC1. The fourth-order valence-corrected chi connectivity index (χ4v) is 3.39. The van der Waals surface area contributed by atoms with Gasteiger partial charge in [0.05, 0.1) is 21.3 Å². The number of nitrogens with zero attached hydrogens (tertiary/aromatic N) is 4. The molecule has 0 spiro atoms. The highest BCUT2D eigenvalue weighted by Gasteiger charge is 2.21. The molecule has 0 saturated carbocycles. The Kier molecular flexibility index (Phi) is 9.71. The Balaban J connectivity index is 2.02. The number of hydrogen-bond acceptors (Lipinski definition) is 6. The number of guanidine groups is 1. The molecule has 1 saturated heterocycles. The molecule has 1 amide bonds. The van der Waals surface area contributed by atoms with Gasteiger partial charge in [0.1, 0.15) is 6.54 Å². The standard InChI is InChI=1S/C22H37N5O4/c1-7-8-23-22(24-15-20(28)25(2)3)27-11-9-26(10-12-27)16-17-13-18(29-4)21(31-6)19(14-17)30-5/h13-14H,7-12,15-16H2,1-6H3,(H,23,24). The van der Waals surface area contributed by atoms with Gasteiger partial charge in [0.15, 0.2) is 17.5 Å². The number of benzene rings is 1. The number of carbonyl (C=O) groups excluding carboxylic acids is 1. The predicted molar refractivity (Wildman–Crippen MR) is 122 cm³/mol. The van der Waals surface area contributed by atoms with Crippen LogP contribution in [0, 0.1) is 0 Å². The van der Waals surface area contributed by atoms with Crippen LogP contribution in [0.15, 0.2) is 17.1 Å². The van der Waals surface area contributed by atoms with Crippen LogP contribution in [0.5, 0.6) is 17.2 Å². The van der Waals surface area contributed by atoms with E-state index >= 15 is 0 Å². The van der Waals surface area contributed by atoms with Gasteiger partial charge in [0.2, 0.25) is 11.7 Å². The van der Waals surface area contributed by atoms with Gasteiger partial charge in [-0.15, -0.1) is 0 Å². The smallest absolute Gasteiger partial charge is 0.243 e. The van der Waals surface area contributed by atoms with Crippen molar-refractivity contribution in [1.29, 1.82) is 0 Å². The maximum Gasteiger partial charge on any atom is 0.243 e. The Bertz CT molecular complexity index is 720. The van der Waals surface area contributed by atoms with Gasteiger partial charge < -0.3 is 29.3 Å². The first-order valence-corrected chi connectivity index (χ1v) is 10.7. The lowest BCUT2D eigenvalue weighted by Crippen LogP contribution is -2.52. The van der Waals surface area contributed by atoms with Crippen LogP contribution >= 0.6 is 0 Å². The molecule has 2 rings (SSSR count). The number of carbonyl (C=O) groups is 1. The molecule has 1 N–H and O–H groups in total. The highest BCUT2D eigenvalue weighted by molar-refractivity contribution is 5.84. The molecule has 9 heteroatoms. The van der Waals surface area contributed by atoms with E-state index in [4.69, 9.17) is 14.2 Å². The van der Waals surface area contributed by atoms with E-state index in [0.29, 0.717) is 17.2 Å². The zero-order chi connectivity index (χ0) is 22.8. The summed E-state index contributed by atoms with van der Waals surface area (Å²) in [4.78, 5) is 22.7. The summed E-state index contributed by atoms with van der Waals surface area (Å²) in [6.07, 6.45) is 1.00. The van der Waals surface area contributed by atoms with Crippen LogP contribution in [0.2, 0.25) is 0 Å². The first kappa shape index (κ1) is 24.6. The van der Waals surface area contributed by atoms with Gasteiger partial charge in [-0.2, -0.15) is 0 Å². The number of aliphatic imine (C=N–C) groups is 1. The Morgan fingerprint density at radius 1 is 1.06 bits per heavy atom. The second-order valence-corrected chi connectivity index (χ2v) is 7.65. The summed E-state index contributed by atoms with van der Waals surface area (Å²) in [6, 6.07) is 3.99. The third-order valence-corrected chi connectivity index (χ3v) is 5.20. The largest absolute Gasteiger partial charge is 0.493 e. The van der Waals surface area contributed by atoms with E-state index in [0.717, 1.165) is 57.2 Å². The van der Waals surface area contributed by atoms with Crippen molar-refractivity contribution >= 4 is 11.9 Å². The van der Waals surface area contributed by atoms with E-state index in [2.05, 4.69) is 27.0 Å². The van der Waals surface area contributed by atoms with Gasteiger partial charge in [-0.25, -0.2) is 4.99 Å². The number of hydrogen-bond donors (Lipinski definition) is 1. The molecule has 0 aromatic heterocycles. The van der Waals surface area contributed by atoms with Crippen molar-refractivity contribution in [2.45, 2.75) is 19.9 Å². The van der Waals surface area contributed by atoms with Crippen molar-refractivity contribution in [1.82, 2.24) is 20.0 Å². The molecule has 1 fully saturated rings. The zero-order valence-electron chi connectivity index (χ0n) is 19.7. The van der Waals surface area contributed by atoms with Crippen molar-refractivity contribution in [2.24, 2.45) is 4.99 Å². The number of likely N-dealkylation sites (N-methyl/N-ethyl adjacent to an activating group) is 1. The molecule has 0 radical (unpaired) electrons. The van der Waals surface area contributed by atoms with E-state index < -0.39 is 0 Å². The van der Waals surface area contributed by atoms with Gasteiger partial charge in [0.25, 0.3) is 0 Å². The van der Waals surface area contributed by atoms with E-state index in [1.165, 1.54) is 0 Å². The molecule has 0 unspecified atom stereocenters. The zero-order valence-corrected chi connectivity index (χ0v) is 19.7. The molecule has 1 aliphatic heterocycles. The van der Waals surface area contributed by atoms with Gasteiger partial charge >= 0.3 is 0 Å². The van der Waals surface area contributed by atoms with Crippen molar-refractivity contribution in [3.05, 3.63) is 17.7 Å². The second kappa shape index (κ2) is 12.2. The lowest BCUT2D eigenvalue weighted by atomic mass is 10.1. The highest BCUT2D eigenvalue weighted by atomic mass is 16.5. The van der Waals surface area contributed by atoms with Crippen LogP contribution < -0.4 is 19.5 Å². The normalized spacial score (nSPS) is 14.9. The number of amides is 1. The Hall–Kier alpha value is -2.68. The molecule has 31 heavy (non-hydrogen) atoms. The molecule has 0 aliphatic carbocycles. The van der Waals surface area contributed by atoms with Crippen LogP contribution in [0.25, 0.3) is 0 Å². The lowest BCUT2D eigenvalue weighted by molar-refractivity contribution is -0.127. The molecule has 1 aromatic rings. The van der Waals surface area contributed by atoms with Gasteiger partial charge in [-0.05, 0) is 24.1 Å². The summed E-state index contributed by atoms with van der Waals surface area (Å²) in [5.74, 6) is 2.74. The third-order valence-electron chi connectivity index (χ3n) is 5.20. The molecular formula is C22H37N5O4. The summed E-state index contributed by atoms with van der Waals surface area (Å²) in [5.41, 5.74) is 1.11. The lowest BCUT2D eigenvalue weighted by Gasteiger charge is -2.36. The van der Waals surface area contributed by atoms with E-state index in [-0.39, 0.29) is 12.5 Å². The fourth-order valence-electron chi connectivity index (χ4n) is 3.39. The summed E-state index contributed by atoms with van der Waals surface area (Å²) in [6.45, 7) is 7.37. The average molecular weight is 436 g/mol. The number of methoxy groups -OCH3 is 3. The summed E-state index contributed by atoms with van der Waals surface area (Å²) < 4.78 is 16.4. The first-order chi connectivity index (χ1) is 14.9. The maximum absolute atomic E-state index is 11.9. The molecule has 0 atom stereocenters. The van der Waals surface area contributed by atoms with Crippen molar-refractivity contribution in [2.75, 3.05) is 74.7 Å². The van der Waals surface area contributed by atoms with E-state index in [1.54, 1.807) is 40.3 Å². The monoisotopic (exact) mass is 435 g/mol. The summed E-state index contributed by atoms with van der Waals surface area (Å²) in [7, 11) is 8.37. The minimum Gasteiger partial charge on any atom is -0.493 e. The van der Waals surface area contributed by atoms with E-state index in [9.17, 15) is 4.79 Å². The number of rotatable bonds is 9. The van der Waals surface area contributed by atoms with Crippen molar-refractivity contribution in [3.63, 3.8) is 0 Å². The van der Waals surface area contributed by atoms with Gasteiger partial charge in [0, 0.05) is 53.4 Å². The maximum atomic E-state index is 11.9. The van der Waals surface area contributed by atoms with Crippen LogP contribution in [0.3, 0.4) is 0 Å². The van der Waals surface area contributed by atoms with Gasteiger partial charge in [-0.3, -0.25) is 9.69 Å². The van der Waals surface area contributed by atoms with Crippen LogP contribution in [0.4, 0.5) is 0 Å². The minimum absolute atomic E-state index is 0.00293. The van der Waals surface area contributed by atoms with Crippen LogP contribution in [0.1, 0.15) is 18.9 Å². The topological polar surface area (TPSA) is 78.9 Å². The van der Waals surface area contributed by atoms with Crippen molar-refractivity contribution in [3.8, 4) is 17.2 Å². The minimum atomic E-state index is -0.00293. The molecule has 9 nitrogen and oxygen atoms in total. The third kappa shape index (κ3) is 6.92. The first-order valence-electron chi connectivity index (χ1n) is 10.7. The van der Waals surface area contributed by atoms with Crippen molar-refractivity contribution < 1.29 is 19.0 Å². The molecule has 0 bridgehead atoms. The van der Waals surface area contributed by atoms with E-state index in [1.807, 2.05) is 12.1 Å². The number of ether oxygens (including phenoxy) is 3. The predicted octanol–water partition coefficient (Wildman–Crippen LogP) is 1.27. The fraction of sp³-hybridized carbons (Fsp3) is 0.636. The highest BCUT2D eigenvalue weighted by Crippen LogP contribution is 2.38. The van der Waals surface area contributed by atoms with Crippen LogP contribution in [-0.4, -0.2) is 101 Å². The average Bonchev–Trinajstić information content (AvgIpc) is 2.78.